The molecule has 0 saturated carbocycles. The molecule has 4 rings (SSSR count). The average Bonchev–Trinajstić information content (AvgIpc) is 3.10. The average molecular weight is 649 g/mol. The topological polar surface area (TPSA) is 77.5 Å². The van der Waals surface area contributed by atoms with Crippen molar-refractivity contribution in [1.29, 1.82) is 0 Å². The van der Waals surface area contributed by atoms with Crippen LogP contribution >= 0.6 is 62.1 Å². The number of hydrogen-bond donors (Lipinski definition) is 1. The van der Waals surface area contributed by atoms with E-state index in [1.165, 1.54) is 29.5 Å². The van der Waals surface area contributed by atoms with Crippen LogP contribution in [0.1, 0.15) is 0 Å². The summed E-state index contributed by atoms with van der Waals surface area (Å²) in [7, 11) is -4.54. The van der Waals surface area contributed by atoms with Crippen molar-refractivity contribution in [2.24, 2.45) is 0 Å². The minimum absolute atomic E-state index is 0.00571. The number of alkyl halides is 3. The Hall–Kier alpha value is -1.96. The number of nitrogens with one attached hydrogen (secondary N) is 1. The van der Waals surface area contributed by atoms with E-state index in [0.29, 0.717) is 10.5 Å². The highest BCUT2D eigenvalue weighted by atomic mass is 79.9. The largest absolute Gasteiger partial charge is 0.573 e. The van der Waals surface area contributed by atoms with E-state index in [1.807, 2.05) is 0 Å². The second-order valence-corrected chi connectivity index (χ2v) is 11.5. The number of aromatic nitrogens is 1. The Labute approximate surface area is 223 Å². The van der Waals surface area contributed by atoms with E-state index in [2.05, 4.69) is 30.4 Å². The van der Waals surface area contributed by atoms with Gasteiger partial charge in [-0.25, -0.2) is 13.4 Å². The number of thiazole rings is 1. The van der Waals surface area contributed by atoms with Gasteiger partial charge in [0.2, 0.25) is 0 Å². The summed E-state index contributed by atoms with van der Waals surface area (Å²) in [5.74, 6) is -0.918. The SMILES string of the molecule is O=S(=O)(Nc1cc(Cl)c(Oc2nc3ccc(Cl)cc3s2)c(Cl)c1)c1ccc(Br)cc1OC(F)(F)F. The van der Waals surface area contributed by atoms with E-state index < -0.39 is 27.0 Å². The summed E-state index contributed by atoms with van der Waals surface area (Å²) in [5, 5.41) is 0.586. The predicted octanol–water partition coefficient (Wildman–Crippen LogP) is 8.51. The van der Waals surface area contributed by atoms with Gasteiger partial charge in [0.25, 0.3) is 15.2 Å². The molecule has 0 unspecified atom stereocenters. The van der Waals surface area contributed by atoms with Crippen LogP contribution in [0.4, 0.5) is 18.9 Å². The first kappa shape index (κ1) is 26.1. The molecule has 0 bridgehead atoms. The molecule has 4 aromatic rings. The lowest BCUT2D eigenvalue weighted by molar-refractivity contribution is -0.275. The van der Waals surface area contributed by atoms with Crippen LogP contribution in [0.5, 0.6) is 16.7 Å². The van der Waals surface area contributed by atoms with Crippen LogP contribution in [0, 0.1) is 0 Å². The third-order valence-electron chi connectivity index (χ3n) is 4.19. The van der Waals surface area contributed by atoms with Gasteiger partial charge in [0.05, 0.1) is 25.9 Å². The zero-order valence-electron chi connectivity index (χ0n) is 16.7. The predicted molar refractivity (Wildman–Crippen MR) is 133 cm³/mol. The van der Waals surface area contributed by atoms with Gasteiger partial charge in [-0.2, -0.15) is 0 Å². The molecule has 35 heavy (non-hydrogen) atoms. The lowest BCUT2D eigenvalue weighted by atomic mass is 10.3. The molecule has 1 N–H and O–H groups in total. The van der Waals surface area contributed by atoms with Gasteiger partial charge in [-0.05, 0) is 48.5 Å². The summed E-state index contributed by atoms with van der Waals surface area (Å²) >= 11 is 22.7. The van der Waals surface area contributed by atoms with Crippen LogP contribution in [0.3, 0.4) is 0 Å². The first-order valence-corrected chi connectivity index (χ1v) is 13.3. The molecule has 6 nitrogen and oxygen atoms in total. The summed E-state index contributed by atoms with van der Waals surface area (Å²) in [4.78, 5) is 3.55. The molecule has 184 valence electrons. The fourth-order valence-electron chi connectivity index (χ4n) is 2.84. The fourth-order valence-corrected chi connectivity index (χ4v) is 6.00. The third-order valence-corrected chi connectivity index (χ3v) is 7.80. The number of halogens is 7. The minimum Gasteiger partial charge on any atom is -0.428 e. The summed E-state index contributed by atoms with van der Waals surface area (Å²) in [5.41, 5.74) is 0.515. The molecule has 0 fully saturated rings. The summed E-state index contributed by atoms with van der Waals surface area (Å²) in [6.07, 6.45) is -5.11. The molecule has 0 amide bonds. The van der Waals surface area contributed by atoms with Gasteiger partial charge >= 0.3 is 6.36 Å². The van der Waals surface area contributed by atoms with Crippen LogP contribution < -0.4 is 14.2 Å². The third kappa shape index (κ3) is 6.25. The maximum absolute atomic E-state index is 12.8. The van der Waals surface area contributed by atoms with Crippen LogP contribution in [0.15, 0.2) is 57.9 Å². The number of nitrogens with zero attached hydrogens (tertiary/aromatic N) is 1. The smallest absolute Gasteiger partial charge is 0.428 e. The molecule has 1 aromatic heterocycles. The highest BCUT2D eigenvalue weighted by Crippen LogP contribution is 2.42. The van der Waals surface area contributed by atoms with E-state index >= 15 is 0 Å². The van der Waals surface area contributed by atoms with E-state index in [9.17, 15) is 21.6 Å². The van der Waals surface area contributed by atoms with Gasteiger partial charge in [-0.1, -0.05) is 62.1 Å². The number of fused-ring (bicyclic) bond motifs is 1. The van der Waals surface area contributed by atoms with Crippen molar-refractivity contribution < 1.29 is 31.1 Å². The number of rotatable bonds is 6. The molecular weight excluding hydrogens is 640 g/mol. The molecule has 0 aliphatic rings. The van der Waals surface area contributed by atoms with Crippen LogP contribution in [0.2, 0.25) is 15.1 Å². The monoisotopic (exact) mass is 646 g/mol. The molecule has 3 aromatic carbocycles. The van der Waals surface area contributed by atoms with Crippen LogP contribution in [-0.4, -0.2) is 19.8 Å². The van der Waals surface area contributed by atoms with Crippen molar-refractivity contribution in [3.05, 3.63) is 68.1 Å². The van der Waals surface area contributed by atoms with Gasteiger partial charge < -0.3 is 9.47 Å². The van der Waals surface area contributed by atoms with E-state index in [0.717, 1.165) is 16.8 Å². The standard InChI is InChI=1S/C20H9BrCl3F3N2O4S2/c21-9-1-4-17(15(5-9)33-20(25,26)27)35(30,31)29-11-7-12(23)18(13(24)8-11)32-19-28-14-3-2-10(22)6-16(14)34-19/h1-8,29H. The van der Waals surface area contributed by atoms with E-state index in [1.54, 1.807) is 18.2 Å². The molecule has 1 heterocycles. The minimum atomic E-state index is -5.11. The normalized spacial score (nSPS) is 12.1. The summed E-state index contributed by atoms with van der Waals surface area (Å²) in [6.45, 7) is 0. The Balaban J connectivity index is 1.62. The van der Waals surface area contributed by atoms with Gasteiger partial charge in [0.1, 0.15) is 4.90 Å². The van der Waals surface area contributed by atoms with Gasteiger partial charge in [0.15, 0.2) is 11.5 Å². The highest BCUT2D eigenvalue weighted by Gasteiger charge is 2.34. The fraction of sp³-hybridized carbons (Fsp3) is 0.0500. The Bertz CT molecular complexity index is 1530. The van der Waals surface area contributed by atoms with Crippen molar-refractivity contribution >= 4 is 88.0 Å². The molecule has 0 aliphatic heterocycles. The number of anilines is 1. The maximum atomic E-state index is 12.8. The Morgan fingerprint density at radius 1 is 1.00 bits per heavy atom. The number of benzene rings is 3. The van der Waals surface area contributed by atoms with Gasteiger partial charge in [-0.3, -0.25) is 4.72 Å². The van der Waals surface area contributed by atoms with Gasteiger partial charge in [0, 0.05) is 9.50 Å². The van der Waals surface area contributed by atoms with Crippen LogP contribution in [0.25, 0.3) is 10.2 Å². The quantitative estimate of drug-likeness (QED) is 0.227. The summed E-state index contributed by atoms with van der Waals surface area (Å²) in [6, 6.07) is 10.5. The molecule has 0 spiro atoms. The molecular formula is C20H9BrCl3F3N2O4S2. The molecule has 15 heteroatoms. The van der Waals surface area contributed by atoms with E-state index in [-0.39, 0.29) is 31.1 Å². The van der Waals surface area contributed by atoms with Crippen molar-refractivity contribution in [2.45, 2.75) is 11.3 Å². The lowest BCUT2D eigenvalue weighted by Crippen LogP contribution is -2.21. The lowest BCUT2D eigenvalue weighted by Gasteiger charge is -2.16. The van der Waals surface area contributed by atoms with Gasteiger partial charge in [-0.15, -0.1) is 13.2 Å². The number of sulfonamides is 1. The second-order valence-electron chi connectivity index (χ2n) is 6.71. The summed E-state index contributed by atoms with van der Waals surface area (Å²) < 4.78 is 76.6. The Kier molecular flexibility index (Phi) is 7.33. The maximum Gasteiger partial charge on any atom is 0.573 e. The zero-order valence-corrected chi connectivity index (χ0v) is 22.1. The Morgan fingerprint density at radius 2 is 1.69 bits per heavy atom. The van der Waals surface area contributed by atoms with Crippen molar-refractivity contribution in [1.82, 2.24) is 4.98 Å². The molecule has 0 aliphatic carbocycles. The molecule has 0 atom stereocenters. The Morgan fingerprint density at radius 3 is 2.34 bits per heavy atom. The first-order chi connectivity index (χ1) is 16.3. The number of ether oxygens (including phenoxy) is 2. The van der Waals surface area contributed by atoms with Crippen molar-refractivity contribution in [2.75, 3.05) is 4.72 Å². The number of hydrogen-bond acceptors (Lipinski definition) is 6. The van der Waals surface area contributed by atoms with Crippen LogP contribution in [-0.2, 0) is 10.0 Å². The van der Waals surface area contributed by atoms with Crippen molar-refractivity contribution in [3.8, 4) is 16.7 Å². The molecule has 0 radical (unpaired) electrons. The highest BCUT2D eigenvalue weighted by molar-refractivity contribution is 9.10. The molecule has 0 saturated heterocycles. The van der Waals surface area contributed by atoms with E-state index in [4.69, 9.17) is 39.5 Å². The zero-order chi connectivity index (χ0) is 25.5. The first-order valence-electron chi connectivity index (χ1n) is 9.12. The second kappa shape index (κ2) is 9.83. The van der Waals surface area contributed by atoms with Crippen molar-refractivity contribution in [3.63, 3.8) is 0 Å².